The number of anilines is 1. The molecule has 1 spiro atoms. The molecule has 2 aliphatic rings. The Balaban J connectivity index is 1.40. The second-order valence-electron chi connectivity index (χ2n) is 8.20. The van der Waals surface area contributed by atoms with Gasteiger partial charge in [-0.2, -0.15) is 5.10 Å². The van der Waals surface area contributed by atoms with E-state index < -0.39 is 0 Å². The molecular weight excluding hydrogens is 388 g/mol. The van der Waals surface area contributed by atoms with Crippen LogP contribution in [-0.2, 0) is 0 Å². The molecule has 0 bridgehead atoms. The fourth-order valence-corrected chi connectivity index (χ4v) is 5.12. The van der Waals surface area contributed by atoms with Crippen LogP contribution in [0.15, 0.2) is 24.4 Å². The summed E-state index contributed by atoms with van der Waals surface area (Å²) in [5, 5.41) is 8.03. The maximum atomic E-state index is 6.41. The minimum Gasteiger partial charge on any atom is -0.495 e. The van der Waals surface area contributed by atoms with Gasteiger partial charge in [0.1, 0.15) is 22.8 Å². The van der Waals surface area contributed by atoms with E-state index in [1.54, 1.807) is 13.2 Å². The molecule has 3 aromatic rings. The Morgan fingerprint density at radius 1 is 1.28 bits per heavy atom. The summed E-state index contributed by atoms with van der Waals surface area (Å²) in [5.74, 6) is 1.50. The molecule has 1 atom stereocenters. The largest absolute Gasteiger partial charge is 0.495 e. The summed E-state index contributed by atoms with van der Waals surface area (Å²) in [4.78, 5) is 11.8. The number of nitrogens with two attached hydrogens (primary N) is 1. The van der Waals surface area contributed by atoms with E-state index in [1.807, 2.05) is 18.3 Å². The standard InChI is InChI=1S/C21H25ClN6O/c1-29-15-11-13(4-5-14(15)22)18-19-20(27-26-18)25-17(12-24-19)28-9-7-21(8-10-28)6-2-3-16(21)23/h4-5,11-12,16H,2-3,6-10,23H2,1H3,(H,25,26,27)/t16-/m1/s1. The Bertz CT molecular complexity index is 1040. The van der Waals surface area contributed by atoms with Crippen molar-refractivity contribution in [1.82, 2.24) is 20.2 Å². The number of piperidine rings is 1. The van der Waals surface area contributed by atoms with E-state index in [9.17, 15) is 0 Å². The summed E-state index contributed by atoms with van der Waals surface area (Å²) in [6.45, 7) is 1.95. The Labute approximate surface area is 174 Å². The summed E-state index contributed by atoms with van der Waals surface area (Å²) in [5.41, 5.74) is 9.80. The van der Waals surface area contributed by atoms with Crippen LogP contribution in [-0.4, -0.2) is 46.4 Å². The van der Waals surface area contributed by atoms with Crippen molar-refractivity contribution >= 4 is 28.6 Å². The van der Waals surface area contributed by atoms with Gasteiger partial charge in [0.2, 0.25) is 0 Å². The number of nitrogens with one attached hydrogen (secondary N) is 1. The zero-order valence-corrected chi connectivity index (χ0v) is 17.2. The smallest absolute Gasteiger partial charge is 0.177 e. The van der Waals surface area contributed by atoms with E-state index in [4.69, 9.17) is 27.1 Å². The van der Waals surface area contributed by atoms with Crippen LogP contribution in [0.1, 0.15) is 32.1 Å². The van der Waals surface area contributed by atoms with Crippen LogP contribution in [0, 0.1) is 5.41 Å². The van der Waals surface area contributed by atoms with Gasteiger partial charge in [-0.3, -0.25) is 5.10 Å². The Morgan fingerprint density at radius 2 is 2.10 bits per heavy atom. The van der Waals surface area contributed by atoms with Crippen LogP contribution in [0.4, 0.5) is 5.82 Å². The van der Waals surface area contributed by atoms with E-state index in [1.165, 1.54) is 12.8 Å². The number of halogens is 1. The molecule has 1 aliphatic heterocycles. The molecule has 1 saturated carbocycles. The summed E-state index contributed by atoms with van der Waals surface area (Å²) in [7, 11) is 1.60. The average Bonchev–Trinajstić information content (AvgIpc) is 3.32. The fraction of sp³-hybridized carbons (Fsp3) is 0.476. The fourth-order valence-electron chi connectivity index (χ4n) is 4.92. The Morgan fingerprint density at radius 3 is 2.83 bits per heavy atom. The maximum Gasteiger partial charge on any atom is 0.177 e. The molecule has 3 heterocycles. The molecular formula is C21H25ClN6O. The van der Waals surface area contributed by atoms with Gasteiger partial charge >= 0.3 is 0 Å². The SMILES string of the molecule is COc1cc(-c2n[nH]c3nc(N4CCC5(CCC[C@H]5N)CC4)cnc23)ccc1Cl. The van der Waals surface area contributed by atoms with Crippen molar-refractivity contribution in [3.63, 3.8) is 0 Å². The minimum atomic E-state index is 0.336. The third-order valence-electron chi connectivity index (χ3n) is 6.74. The molecule has 2 aromatic heterocycles. The average molecular weight is 413 g/mol. The highest BCUT2D eigenvalue weighted by atomic mass is 35.5. The molecule has 152 valence electrons. The van der Waals surface area contributed by atoms with Crippen LogP contribution in [0.5, 0.6) is 5.75 Å². The highest BCUT2D eigenvalue weighted by Gasteiger charge is 2.43. The van der Waals surface area contributed by atoms with E-state index in [0.717, 1.165) is 54.9 Å². The first-order valence-electron chi connectivity index (χ1n) is 10.2. The number of fused-ring (bicyclic) bond motifs is 1. The van der Waals surface area contributed by atoms with Gasteiger partial charge in [-0.25, -0.2) is 9.97 Å². The van der Waals surface area contributed by atoms with Gasteiger partial charge in [-0.1, -0.05) is 24.1 Å². The molecule has 0 radical (unpaired) electrons. The second-order valence-corrected chi connectivity index (χ2v) is 8.60. The van der Waals surface area contributed by atoms with Crippen molar-refractivity contribution in [3.05, 3.63) is 29.4 Å². The number of H-pyrrole nitrogens is 1. The molecule has 1 aromatic carbocycles. The van der Waals surface area contributed by atoms with Crippen molar-refractivity contribution in [2.75, 3.05) is 25.1 Å². The van der Waals surface area contributed by atoms with Crippen molar-refractivity contribution in [2.24, 2.45) is 11.1 Å². The predicted molar refractivity (Wildman–Crippen MR) is 114 cm³/mol. The number of nitrogens with zero attached hydrogens (tertiary/aromatic N) is 4. The molecule has 29 heavy (non-hydrogen) atoms. The van der Waals surface area contributed by atoms with Gasteiger partial charge in [0, 0.05) is 24.7 Å². The third kappa shape index (κ3) is 3.13. The predicted octanol–water partition coefficient (Wildman–Crippen LogP) is 3.78. The number of benzene rings is 1. The van der Waals surface area contributed by atoms with Gasteiger partial charge in [0.25, 0.3) is 0 Å². The zero-order chi connectivity index (χ0) is 20.0. The summed E-state index contributed by atoms with van der Waals surface area (Å²) < 4.78 is 5.32. The van der Waals surface area contributed by atoms with Crippen molar-refractivity contribution in [2.45, 2.75) is 38.1 Å². The van der Waals surface area contributed by atoms with E-state index >= 15 is 0 Å². The minimum absolute atomic E-state index is 0.336. The van der Waals surface area contributed by atoms with Gasteiger partial charge in [-0.05, 0) is 43.2 Å². The third-order valence-corrected chi connectivity index (χ3v) is 7.05. The van der Waals surface area contributed by atoms with E-state index in [-0.39, 0.29) is 0 Å². The normalized spacial score (nSPS) is 21.2. The van der Waals surface area contributed by atoms with Crippen LogP contribution < -0.4 is 15.4 Å². The lowest BCUT2D eigenvalue weighted by molar-refractivity contribution is 0.197. The number of hydrogen-bond donors (Lipinski definition) is 2. The number of aromatic amines is 1. The van der Waals surface area contributed by atoms with Crippen molar-refractivity contribution in [3.8, 4) is 17.0 Å². The molecule has 2 fully saturated rings. The lowest BCUT2D eigenvalue weighted by Crippen LogP contribution is -2.47. The highest BCUT2D eigenvalue weighted by molar-refractivity contribution is 6.32. The lowest BCUT2D eigenvalue weighted by Gasteiger charge is -2.42. The summed E-state index contributed by atoms with van der Waals surface area (Å²) in [6, 6.07) is 5.92. The van der Waals surface area contributed by atoms with Crippen LogP contribution in [0.2, 0.25) is 5.02 Å². The van der Waals surface area contributed by atoms with Crippen LogP contribution in [0.25, 0.3) is 22.4 Å². The second kappa shape index (κ2) is 7.15. The number of hydrogen-bond acceptors (Lipinski definition) is 6. The first kappa shape index (κ1) is 18.6. The molecule has 0 unspecified atom stereocenters. The topological polar surface area (TPSA) is 93.0 Å². The van der Waals surface area contributed by atoms with Crippen LogP contribution in [0.3, 0.4) is 0 Å². The Hall–Kier alpha value is -2.38. The van der Waals surface area contributed by atoms with Gasteiger partial charge in [0.15, 0.2) is 5.65 Å². The number of ether oxygens (including phenoxy) is 1. The number of methoxy groups -OCH3 is 1. The molecule has 8 heteroatoms. The number of aromatic nitrogens is 4. The van der Waals surface area contributed by atoms with Gasteiger partial charge in [0.05, 0.1) is 18.3 Å². The molecule has 5 rings (SSSR count). The van der Waals surface area contributed by atoms with E-state index in [0.29, 0.717) is 27.9 Å². The van der Waals surface area contributed by atoms with Gasteiger partial charge < -0.3 is 15.4 Å². The quantitative estimate of drug-likeness (QED) is 0.680. The molecule has 1 aliphatic carbocycles. The summed E-state index contributed by atoms with van der Waals surface area (Å²) >= 11 is 6.14. The molecule has 3 N–H and O–H groups in total. The van der Waals surface area contributed by atoms with Gasteiger partial charge in [-0.15, -0.1) is 0 Å². The highest BCUT2D eigenvalue weighted by Crippen LogP contribution is 2.45. The summed E-state index contributed by atoms with van der Waals surface area (Å²) in [6.07, 6.45) is 7.80. The Kier molecular flexibility index (Phi) is 4.59. The maximum absolute atomic E-state index is 6.41. The molecule has 7 nitrogen and oxygen atoms in total. The van der Waals surface area contributed by atoms with E-state index in [2.05, 4.69) is 20.1 Å². The zero-order valence-electron chi connectivity index (χ0n) is 16.5. The van der Waals surface area contributed by atoms with Crippen molar-refractivity contribution < 1.29 is 4.74 Å². The number of rotatable bonds is 3. The molecule has 0 amide bonds. The van der Waals surface area contributed by atoms with Crippen molar-refractivity contribution in [1.29, 1.82) is 0 Å². The lowest BCUT2D eigenvalue weighted by atomic mass is 9.74. The monoisotopic (exact) mass is 412 g/mol. The first-order valence-corrected chi connectivity index (χ1v) is 10.5. The first-order chi connectivity index (χ1) is 14.1. The molecule has 1 saturated heterocycles. The van der Waals surface area contributed by atoms with Crippen LogP contribution >= 0.6 is 11.6 Å².